The number of halogens is 3. The number of hydrogen-bond donors (Lipinski definition) is 1. The van der Waals surface area contributed by atoms with Crippen LogP contribution in [0.2, 0.25) is 15.1 Å². The molecule has 0 fully saturated rings. The van der Waals surface area contributed by atoms with Crippen LogP contribution in [0.1, 0.15) is 37.0 Å². The highest BCUT2D eigenvalue weighted by molar-refractivity contribution is 7.92. The van der Waals surface area contributed by atoms with Crippen molar-refractivity contribution in [2.75, 3.05) is 10.8 Å². The predicted molar refractivity (Wildman–Crippen MR) is 186 cm³/mol. The van der Waals surface area contributed by atoms with E-state index in [-0.39, 0.29) is 45.5 Å². The van der Waals surface area contributed by atoms with Gasteiger partial charge in [0.25, 0.3) is 10.0 Å². The van der Waals surface area contributed by atoms with E-state index in [0.29, 0.717) is 17.0 Å². The number of benzene rings is 4. The van der Waals surface area contributed by atoms with Crippen LogP contribution < -0.4 is 9.62 Å². The van der Waals surface area contributed by atoms with Gasteiger partial charge in [-0.05, 0) is 67.8 Å². The first-order chi connectivity index (χ1) is 21.9. The lowest BCUT2D eigenvalue weighted by atomic mass is 10.0. The minimum atomic E-state index is -4.28. The van der Waals surface area contributed by atoms with Gasteiger partial charge >= 0.3 is 0 Å². The third-order valence-corrected chi connectivity index (χ3v) is 10.5. The first-order valence-corrected chi connectivity index (χ1v) is 17.4. The maximum Gasteiger partial charge on any atom is 0.264 e. The number of hydrogen-bond acceptors (Lipinski definition) is 4. The van der Waals surface area contributed by atoms with Gasteiger partial charge in [-0.25, -0.2) is 8.42 Å². The molecular formula is C35H36Cl3N3O4S. The zero-order chi connectivity index (χ0) is 33.4. The number of anilines is 1. The van der Waals surface area contributed by atoms with Crippen molar-refractivity contribution in [3.8, 4) is 0 Å². The fourth-order valence-corrected chi connectivity index (χ4v) is 6.71. The number of nitrogens with one attached hydrogen (secondary N) is 1. The minimum Gasteiger partial charge on any atom is -0.352 e. The van der Waals surface area contributed by atoms with E-state index in [1.807, 2.05) is 51.1 Å². The van der Waals surface area contributed by atoms with Gasteiger partial charge in [0, 0.05) is 24.0 Å². The Morgan fingerprint density at radius 1 is 0.826 bits per heavy atom. The topological polar surface area (TPSA) is 86.8 Å². The van der Waals surface area contributed by atoms with E-state index in [2.05, 4.69) is 5.32 Å². The second-order valence-corrected chi connectivity index (χ2v) is 14.1. The molecule has 2 atom stereocenters. The fourth-order valence-electron chi connectivity index (χ4n) is 4.81. The lowest BCUT2D eigenvalue weighted by Crippen LogP contribution is -2.54. The van der Waals surface area contributed by atoms with Gasteiger partial charge in [0.1, 0.15) is 12.6 Å². The molecule has 0 spiro atoms. The van der Waals surface area contributed by atoms with Crippen LogP contribution in [0.4, 0.5) is 5.69 Å². The standard InChI is InChI=1S/C35H36Cl3N3O4S/c1-4-25(3)39-35(43)33(20-26-10-6-5-7-11-26)40(22-27-12-8-9-13-30(27)36)34(42)23-41(28-16-19-31(37)32(38)21-28)46(44,45)29-17-14-24(2)15-18-29/h5-19,21,25,33H,4,20,22-23H2,1-3H3,(H,39,43)/t25-,33-/m0/s1. The van der Waals surface area contributed by atoms with Crippen LogP contribution in [0.15, 0.2) is 102 Å². The third-order valence-electron chi connectivity index (χ3n) is 7.65. The second-order valence-electron chi connectivity index (χ2n) is 11.1. The molecule has 4 aromatic carbocycles. The van der Waals surface area contributed by atoms with E-state index in [1.54, 1.807) is 36.4 Å². The Morgan fingerprint density at radius 2 is 1.48 bits per heavy atom. The van der Waals surface area contributed by atoms with Crippen LogP contribution in [0.25, 0.3) is 0 Å². The number of aryl methyl sites for hydroxylation is 1. The summed E-state index contributed by atoms with van der Waals surface area (Å²) in [5.74, 6) is -0.969. The summed E-state index contributed by atoms with van der Waals surface area (Å²) in [5, 5.41) is 3.78. The molecule has 0 unspecified atom stereocenters. The van der Waals surface area contributed by atoms with Gasteiger partial charge in [0.2, 0.25) is 11.8 Å². The molecule has 7 nitrogen and oxygen atoms in total. The number of carbonyl (C=O) groups is 2. The van der Waals surface area contributed by atoms with Gasteiger partial charge in [-0.1, -0.05) is 108 Å². The van der Waals surface area contributed by atoms with E-state index in [1.165, 1.54) is 35.2 Å². The van der Waals surface area contributed by atoms with Crippen LogP contribution in [0.5, 0.6) is 0 Å². The van der Waals surface area contributed by atoms with E-state index in [0.717, 1.165) is 15.4 Å². The van der Waals surface area contributed by atoms with Crippen LogP contribution in [-0.2, 0) is 32.6 Å². The molecule has 4 aromatic rings. The van der Waals surface area contributed by atoms with Gasteiger partial charge in [0.15, 0.2) is 0 Å². The summed E-state index contributed by atoms with van der Waals surface area (Å²) in [5.41, 5.74) is 2.45. The molecule has 0 aliphatic heterocycles. The van der Waals surface area contributed by atoms with Crippen molar-refractivity contribution in [3.63, 3.8) is 0 Å². The SMILES string of the molecule is CC[C@H](C)NC(=O)[C@H](Cc1ccccc1)N(Cc1ccccc1Cl)C(=O)CN(c1ccc(Cl)c(Cl)c1)S(=O)(=O)c1ccc(C)cc1. The fraction of sp³-hybridized carbons (Fsp3) is 0.257. The molecule has 0 bridgehead atoms. The lowest BCUT2D eigenvalue weighted by Gasteiger charge is -2.34. The Labute approximate surface area is 286 Å². The van der Waals surface area contributed by atoms with E-state index in [9.17, 15) is 18.0 Å². The molecule has 0 aliphatic carbocycles. The highest BCUT2D eigenvalue weighted by Crippen LogP contribution is 2.31. The molecule has 0 aromatic heterocycles. The van der Waals surface area contributed by atoms with E-state index in [4.69, 9.17) is 34.8 Å². The predicted octanol–water partition coefficient (Wildman–Crippen LogP) is 7.71. The van der Waals surface area contributed by atoms with E-state index >= 15 is 0 Å². The summed E-state index contributed by atoms with van der Waals surface area (Å²) in [7, 11) is -4.28. The molecule has 2 amide bonds. The van der Waals surface area contributed by atoms with Crippen molar-refractivity contribution in [2.45, 2.75) is 57.1 Å². The summed E-state index contributed by atoms with van der Waals surface area (Å²) in [6.45, 7) is 5.03. The van der Waals surface area contributed by atoms with Crippen molar-refractivity contribution < 1.29 is 18.0 Å². The maximum atomic E-state index is 14.6. The maximum absolute atomic E-state index is 14.6. The molecule has 46 heavy (non-hydrogen) atoms. The van der Waals surface area contributed by atoms with Crippen LogP contribution in [0, 0.1) is 6.92 Å². The normalized spacial score (nSPS) is 12.7. The average Bonchev–Trinajstić information content (AvgIpc) is 3.04. The molecule has 0 aliphatic rings. The summed E-state index contributed by atoms with van der Waals surface area (Å²) in [6.07, 6.45) is 0.874. The Balaban J connectivity index is 1.83. The van der Waals surface area contributed by atoms with E-state index < -0.39 is 28.5 Å². The van der Waals surface area contributed by atoms with Crippen LogP contribution >= 0.6 is 34.8 Å². The molecule has 0 radical (unpaired) electrons. The van der Waals surface area contributed by atoms with Gasteiger partial charge < -0.3 is 10.2 Å². The first-order valence-electron chi connectivity index (χ1n) is 14.8. The molecule has 0 heterocycles. The Hall–Kier alpha value is -3.56. The molecule has 1 N–H and O–H groups in total. The lowest BCUT2D eigenvalue weighted by molar-refractivity contribution is -0.140. The van der Waals surface area contributed by atoms with Gasteiger partial charge in [-0.3, -0.25) is 13.9 Å². The van der Waals surface area contributed by atoms with Gasteiger partial charge in [-0.15, -0.1) is 0 Å². The molecule has 4 rings (SSSR count). The number of amides is 2. The summed E-state index contributed by atoms with van der Waals surface area (Å²) >= 11 is 19.0. The van der Waals surface area contributed by atoms with Crippen molar-refractivity contribution in [3.05, 3.63) is 129 Å². The zero-order valence-electron chi connectivity index (χ0n) is 25.8. The minimum absolute atomic E-state index is 0.00928. The monoisotopic (exact) mass is 699 g/mol. The Kier molecular flexibility index (Phi) is 12.1. The number of rotatable bonds is 13. The highest BCUT2D eigenvalue weighted by Gasteiger charge is 2.35. The quantitative estimate of drug-likeness (QED) is 0.155. The van der Waals surface area contributed by atoms with Gasteiger partial charge in [-0.2, -0.15) is 0 Å². The smallest absolute Gasteiger partial charge is 0.264 e. The van der Waals surface area contributed by atoms with Gasteiger partial charge in [0.05, 0.1) is 20.6 Å². The number of carbonyl (C=O) groups excluding carboxylic acids is 2. The van der Waals surface area contributed by atoms with Crippen LogP contribution in [0.3, 0.4) is 0 Å². The number of sulfonamides is 1. The van der Waals surface area contributed by atoms with Crippen LogP contribution in [-0.4, -0.2) is 43.8 Å². The molecule has 242 valence electrons. The summed E-state index contributed by atoms with van der Waals surface area (Å²) in [6, 6.07) is 25.9. The largest absolute Gasteiger partial charge is 0.352 e. The highest BCUT2D eigenvalue weighted by atomic mass is 35.5. The van der Waals surface area contributed by atoms with Crippen molar-refractivity contribution in [1.82, 2.24) is 10.2 Å². The molecule has 0 saturated carbocycles. The Bertz CT molecular complexity index is 1770. The second kappa shape index (κ2) is 15.8. The third kappa shape index (κ3) is 8.82. The zero-order valence-corrected chi connectivity index (χ0v) is 28.9. The first kappa shape index (κ1) is 35.3. The van der Waals surface area contributed by atoms with Crippen molar-refractivity contribution in [2.24, 2.45) is 0 Å². The summed E-state index contributed by atoms with van der Waals surface area (Å²) in [4.78, 5) is 29.9. The van der Waals surface area contributed by atoms with Crippen molar-refractivity contribution >= 4 is 62.3 Å². The Morgan fingerprint density at radius 3 is 2.11 bits per heavy atom. The average molecular weight is 701 g/mol. The van der Waals surface area contributed by atoms with Crippen molar-refractivity contribution in [1.29, 1.82) is 0 Å². The molecular weight excluding hydrogens is 665 g/mol. The number of nitrogens with zero attached hydrogens (tertiary/aromatic N) is 2. The summed E-state index contributed by atoms with van der Waals surface area (Å²) < 4.78 is 29.3. The molecule has 0 saturated heterocycles. The molecule has 11 heteroatoms.